The fraction of sp³-hybridized carbons (Fsp3) is 0.321. The van der Waals surface area contributed by atoms with Crippen molar-refractivity contribution in [3.63, 3.8) is 0 Å². The molecule has 3 aromatic heterocycles. The first-order valence-corrected chi connectivity index (χ1v) is 12.4. The number of rotatable bonds is 9. The Morgan fingerprint density at radius 1 is 1.14 bits per heavy atom. The first kappa shape index (κ1) is 24.8. The van der Waals surface area contributed by atoms with E-state index in [2.05, 4.69) is 10.3 Å². The average molecular weight is 506 g/mol. The summed E-state index contributed by atoms with van der Waals surface area (Å²) in [4.78, 5) is 23.5. The minimum absolute atomic E-state index is 0.0568. The first-order chi connectivity index (χ1) is 17.9. The van der Waals surface area contributed by atoms with Crippen molar-refractivity contribution in [3.8, 4) is 5.75 Å². The maximum Gasteiger partial charge on any atom is 0.261 e. The summed E-state index contributed by atoms with van der Waals surface area (Å²) in [6.45, 7) is 3.26. The van der Waals surface area contributed by atoms with Gasteiger partial charge in [0.15, 0.2) is 0 Å². The predicted molar refractivity (Wildman–Crippen MR) is 137 cm³/mol. The number of fused-ring (bicyclic) bond motifs is 1. The number of ether oxygens (including phenoxy) is 1. The molecule has 1 amide bonds. The number of aromatic nitrogens is 3. The number of carbonyl (C=O) groups excluding carboxylic acids is 1. The molecule has 192 valence electrons. The molecule has 7 nitrogen and oxygen atoms in total. The third-order valence-electron chi connectivity index (χ3n) is 6.58. The van der Waals surface area contributed by atoms with E-state index in [1.807, 2.05) is 52.8 Å². The Morgan fingerprint density at radius 2 is 1.97 bits per heavy atom. The molecule has 0 unspecified atom stereocenters. The zero-order valence-corrected chi connectivity index (χ0v) is 20.7. The number of likely N-dealkylation sites (tertiary alicyclic amines) is 1. The Morgan fingerprint density at radius 3 is 2.70 bits per heavy atom. The van der Waals surface area contributed by atoms with Crippen molar-refractivity contribution in [1.82, 2.24) is 19.3 Å². The molecule has 1 N–H and O–H groups in total. The van der Waals surface area contributed by atoms with Gasteiger partial charge in [-0.3, -0.25) is 14.7 Å². The van der Waals surface area contributed by atoms with Gasteiger partial charge in [-0.1, -0.05) is 6.07 Å². The average Bonchev–Trinajstić information content (AvgIpc) is 3.41. The number of hydrogen-bond donors (Lipinski definition) is 1. The lowest BCUT2D eigenvalue weighted by Crippen LogP contribution is -2.26. The summed E-state index contributed by atoms with van der Waals surface area (Å²) >= 11 is 0. The van der Waals surface area contributed by atoms with Crippen molar-refractivity contribution in [2.75, 3.05) is 25.0 Å². The van der Waals surface area contributed by atoms with Crippen LogP contribution in [-0.2, 0) is 13.0 Å². The number of alkyl halides is 2. The van der Waals surface area contributed by atoms with Gasteiger partial charge in [0.05, 0.1) is 23.6 Å². The molecule has 0 spiro atoms. The summed E-state index contributed by atoms with van der Waals surface area (Å²) in [5.74, 6) is -2.13. The SMILES string of the molecule is Cc1c(CCCN2CCC(F)(F)C2)nc2ccc(NC(=O)c3ccc(OCc4ccccn4)cc3)cn12. The highest BCUT2D eigenvalue weighted by molar-refractivity contribution is 6.04. The summed E-state index contributed by atoms with van der Waals surface area (Å²) in [6, 6.07) is 16.3. The van der Waals surface area contributed by atoms with Gasteiger partial charge in [-0.2, -0.15) is 0 Å². The van der Waals surface area contributed by atoms with Crippen molar-refractivity contribution in [3.05, 3.63) is 89.6 Å². The summed E-state index contributed by atoms with van der Waals surface area (Å²) in [7, 11) is 0. The summed E-state index contributed by atoms with van der Waals surface area (Å²) in [5, 5.41) is 2.94. The van der Waals surface area contributed by atoms with Crippen LogP contribution in [-0.4, -0.2) is 50.7 Å². The van der Waals surface area contributed by atoms with Gasteiger partial charge in [0.25, 0.3) is 11.8 Å². The fourth-order valence-electron chi connectivity index (χ4n) is 4.54. The fourth-order valence-corrected chi connectivity index (χ4v) is 4.54. The van der Waals surface area contributed by atoms with E-state index in [9.17, 15) is 13.6 Å². The monoisotopic (exact) mass is 505 g/mol. The largest absolute Gasteiger partial charge is 0.487 e. The van der Waals surface area contributed by atoms with Gasteiger partial charge in [-0.05, 0) is 74.8 Å². The Kier molecular flexibility index (Phi) is 7.14. The lowest BCUT2D eigenvalue weighted by atomic mass is 10.2. The number of aryl methyl sites for hydroxylation is 2. The van der Waals surface area contributed by atoms with Crippen LogP contribution >= 0.6 is 0 Å². The van der Waals surface area contributed by atoms with E-state index in [-0.39, 0.29) is 18.9 Å². The molecule has 1 aliphatic heterocycles. The number of pyridine rings is 2. The highest BCUT2D eigenvalue weighted by atomic mass is 19.3. The Balaban J connectivity index is 1.17. The van der Waals surface area contributed by atoms with Crippen LogP contribution in [0, 0.1) is 6.92 Å². The molecule has 0 radical (unpaired) electrons. The number of amides is 1. The Bertz CT molecular complexity index is 1370. The number of carbonyl (C=O) groups is 1. The molecule has 5 rings (SSSR count). The highest BCUT2D eigenvalue weighted by Gasteiger charge is 2.37. The van der Waals surface area contributed by atoms with E-state index in [4.69, 9.17) is 9.72 Å². The van der Waals surface area contributed by atoms with Gasteiger partial charge in [0, 0.05) is 36.6 Å². The molecule has 1 saturated heterocycles. The van der Waals surface area contributed by atoms with Crippen molar-refractivity contribution in [1.29, 1.82) is 0 Å². The molecule has 1 aliphatic rings. The Labute approximate surface area is 214 Å². The second-order valence-electron chi connectivity index (χ2n) is 9.36. The third-order valence-corrected chi connectivity index (χ3v) is 6.58. The standard InChI is InChI=1S/C28H29F2N5O2/c1-20-25(6-4-15-34-16-13-28(29,30)19-34)33-26-12-9-22(17-35(20)26)32-27(36)21-7-10-24(11-8-21)37-18-23-5-2-3-14-31-23/h2-3,5,7-12,14,17H,4,6,13,15-16,18-19H2,1H3,(H,32,36). The lowest BCUT2D eigenvalue weighted by molar-refractivity contribution is 0.0122. The normalized spacial score (nSPS) is 15.2. The van der Waals surface area contributed by atoms with Crippen LogP contribution < -0.4 is 10.1 Å². The van der Waals surface area contributed by atoms with E-state index in [1.54, 1.807) is 30.5 Å². The van der Waals surface area contributed by atoms with Gasteiger partial charge in [0.1, 0.15) is 18.0 Å². The van der Waals surface area contributed by atoms with Crippen LogP contribution in [0.1, 0.15) is 40.3 Å². The zero-order chi connectivity index (χ0) is 25.8. The molecule has 37 heavy (non-hydrogen) atoms. The number of nitrogens with zero attached hydrogens (tertiary/aromatic N) is 4. The number of halogens is 2. The van der Waals surface area contributed by atoms with Crippen LogP contribution in [0.25, 0.3) is 5.65 Å². The van der Waals surface area contributed by atoms with Crippen LogP contribution in [0.4, 0.5) is 14.5 Å². The summed E-state index contributed by atoms with van der Waals surface area (Å²) < 4.78 is 34.5. The van der Waals surface area contributed by atoms with E-state index >= 15 is 0 Å². The number of imidazole rings is 1. The zero-order valence-electron chi connectivity index (χ0n) is 20.7. The van der Waals surface area contributed by atoms with Crippen LogP contribution in [0.5, 0.6) is 5.75 Å². The summed E-state index contributed by atoms with van der Waals surface area (Å²) in [6.07, 6.45) is 5.00. The quantitative estimate of drug-likeness (QED) is 0.341. The molecule has 0 atom stereocenters. The molecule has 0 bridgehead atoms. The summed E-state index contributed by atoms with van der Waals surface area (Å²) in [5.41, 5.74) is 4.70. The predicted octanol–water partition coefficient (Wildman–Crippen LogP) is 5.14. The van der Waals surface area contributed by atoms with Crippen LogP contribution in [0.3, 0.4) is 0 Å². The highest BCUT2D eigenvalue weighted by Crippen LogP contribution is 2.27. The molecular weight excluding hydrogens is 476 g/mol. The molecule has 9 heteroatoms. The Hall–Kier alpha value is -3.85. The molecule has 0 saturated carbocycles. The van der Waals surface area contributed by atoms with Crippen LogP contribution in [0.15, 0.2) is 67.0 Å². The van der Waals surface area contributed by atoms with Gasteiger partial charge in [0.2, 0.25) is 0 Å². The van der Waals surface area contributed by atoms with Crippen molar-refractivity contribution in [2.45, 2.75) is 38.7 Å². The number of anilines is 1. The number of benzene rings is 1. The molecule has 4 aromatic rings. The molecule has 4 heterocycles. The van der Waals surface area contributed by atoms with Crippen molar-refractivity contribution in [2.24, 2.45) is 0 Å². The van der Waals surface area contributed by atoms with E-state index in [0.29, 0.717) is 43.1 Å². The van der Waals surface area contributed by atoms with E-state index in [0.717, 1.165) is 29.1 Å². The maximum atomic E-state index is 13.4. The molecular formula is C28H29F2N5O2. The second-order valence-corrected chi connectivity index (χ2v) is 9.36. The molecule has 1 fully saturated rings. The number of nitrogens with one attached hydrogen (secondary N) is 1. The topological polar surface area (TPSA) is 71.8 Å². The van der Waals surface area contributed by atoms with Gasteiger partial charge in [-0.25, -0.2) is 13.8 Å². The molecule has 1 aromatic carbocycles. The third kappa shape index (κ3) is 6.11. The lowest BCUT2D eigenvalue weighted by Gasteiger charge is -2.14. The van der Waals surface area contributed by atoms with Crippen molar-refractivity contribution >= 4 is 17.2 Å². The minimum atomic E-state index is -2.56. The van der Waals surface area contributed by atoms with E-state index in [1.165, 1.54) is 0 Å². The van der Waals surface area contributed by atoms with Gasteiger partial charge >= 0.3 is 0 Å². The van der Waals surface area contributed by atoms with Gasteiger partial charge < -0.3 is 14.5 Å². The second kappa shape index (κ2) is 10.6. The maximum absolute atomic E-state index is 13.4. The minimum Gasteiger partial charge on any atom is -0.487 e. The first-order valence-electron chi connectivity index (χ1n) is 12.4. The van der Waals surface area contributed by atoms with Crippen molar-refractivity contribution < 1.29 is 18.3 Å². The molecule has 0 aliphatic carbocycles. The van der Waals surface area contributed by atoms with Crippen LogP contribution in [0.2, 0.25) is 0 Å². The number of hydrogen-bond acceptors (Lipinski definition) is 5. The smallest absolute Gasteiger partial charge is 0.261 e. The van der Waals surface area contributed by atoms with E-state index < -0.39 is 5.92 Å². The van der Waals surface area contributed by atoms with Gasteiger partial charge in [-0.15, -0.1) is 0 Å².